The zero-order valence-electron chi connectivity index (χ0n) is 12.5. The van der Waals surface area contributed by atoms with Crippen LogP contribution in [-0.2, 0) is 9.53 Å². The van der Waals surface area contributed by atoms with Gasteiger partial charge in [-0.3, -0.25) is 4.79 Å². The molecule has 0 rings (SSSR count). The molecule has 0 saturated heterocycles. The Morgan fingerprint density at radius 2 is 2.00 bits per heavy atom. The van der Waals surface area contributed by atoms with Gasteiger partial charge in [0.05, 0.1) is 24.4 Å². The minimum Gasteiger partial charge on any atom is -0.403 e. The highest BCUT2D eigenvalue weighted by molar-refractivity contribution is 5.76. The molecule has 0 atom stereocenters. The third kappa shape index (κ3) is 10.4. The van der Waals surface area contributed by atoms with E-state index in [0.29, 0.717) is 18.7 Å². The van der Waals surface area contributed by atoms with Crippen LogP contribution in [0.3, 0.4) is 0 Å². The summed E-state index contributed by atoms with van der Waals surface area (Å²) in [4.78, 5) is 11.8. The zero-order valence-corrected chi connectivity index (χ0v) is 12.5. The number of carbonyl (C=O) groups excluding carboxylic acids is 1. The van der Waals surface area contributed by atoms with E-state index >= 15 is 0 Å². The number of ether oxygens (including phenoxy) is 1. The summed E-state index contributed by atoms with van der Waals surface area (Å²) in [5.41, 5.74) is 10.9. The second-order valence-corrected chi connectivity index (χ2v) is 5.48. The van der Waals surface area contributed by atoms with Crippen molar-refractivity contribution in [2.24, 2.45) is 11.5 Å². The van der Waals surface area contributed by atoms with Crippen LogP contribution in [0.15, 0.2) is 11.9 Å². The number of amides is 1. The standard InChI is InChI=1S/C14H29N3O2/c1-4-5-6-7-8-13(18)17-14(2,3)11-19-10-12(16)9-15/h9H,4-8,10-11,15-16H2,1-3H3,(H,17,18)/b12-9-. The summed E-state index contributed by atoms with van der Waals surface area (Å²) in [6.45, 7) is 6.70. The maximum absolute atomic E-state index is 11.8. The maximum atomic E-state index is 11.8. The first-order chi connectivity index (χ1) is 8.91. The molecule has 19 heavy (non-hydrogen) atoms. The molecule has 0 bridgehead atoms. The van der Waals surface area contributed by atoms with Gasteiger partial charge in [0.2, 0.25) is 5.91 Å². The number of hydrogen-bond acceptors (Lipinski definition) is 4. The Labute approximate surface area is 116 Å². The lowest BCUT2D eigenvalue weighted by Crippen LogP contribution is -2.47. The molecule has 0 unspecified atom stereocenters. The van der Waals surface area contributed by atoms with E-state index in [0.717, 1.165) is 12.8 Å². The maximum Gasteiger partial charge on any atom is 0.220 e. The Morgan fingerprint density at radius 1 is 1.32 bits per heavy atom. The Hall–Kier alpha value is -1.23. The largest absolute Gasteiger partial charge is 0.403 e. The fraction of sp³-hybridized carbons (Fsp3) is 0.786. The van der Waals surface area contributed by atoms with E-state index < -0.39 is 5.54 Å². The molecule has 5 heteroatoms. The molecule has 0 fully saturated rings. The monoisotopic (exact) mass is 271 g/mol. The van der Waals surface area contributed by atoms with Crippen LogP contribution in [0.1, 0.15) is 52.9 Å². The van der Waals surface area contributed by atoms with E-state index in [1.807, 2.05) is 13.8 Å². The van der Waals surface area contributed by atoms with E-state index in [4.69, 9.17) is 16.2 Å². The smallest absolute Gasteiger partial charge is 0.220 e. The Bertz CT molecular complexity index is 288. The van der Waals surface area contributed by atoms with Gasteiger partial charge >= 0.3 is 0 Å². The van der Waals surface area contributed by atoms with Crippen molar-refractivity contribution in [1.29, 1.82) is 0 Å². The van der Waals surface area contributed by atoms with Crippen molar-refractivity contribution in [3.05, 3.63) is 11.9 Å². The molecule has 0 aromatic heterocycles. The van der Waals surface area contributed by atoms with Gasteiger partial charge in [-0.15, -0.1) is 0 Å². The predicted octanol–water partition coefficient (Wildman–Crippen LogP) is 1.63. The fourth-order valence-electron chi connectivity index (χ4n) is 1.66. The minimum absolute atomic E-state index is 0.0760. The van der Waals surface area contributed by atoms with Gasteiger partial charge in [-0.2, -0.15) is 0 Å². The highest BCUT2D eigenvalue weighted by Gasteiger charge is 2.20. The van der Waals surface area contributed by atoms with Gasteiger partial charge in [0.1, 0.15) is 0 Å². The van der Waals surface area contributed by atoms with Gasteiger partial charge in [0.15, 0.2) is 0 Å². The zero-order chi connectivity index (χ0) is 14.7. The van der Waals surface area contributed by atoms with Crippen LogP contribution in [0, 0.1) is 0 Å². The molecule has 0 spiro atoms. The number of rotatable bonds is 10. The molecule has 0 aromatic carbocycles. The Balaban J connectivity index is 3.84. The number of nitrogens with one attached hydrogen (secondary N) is 1. The second kappa shape index (κ2) is 9.67. The first-order valence-corrected chi connectivity index (χ1v) is 6.96. The second-order valence-electron chi connectivity index (χ2n) is 5.48. The van der Waals surface area contributed by atoms with Crippen LogP contribution < -0.4 is 16.8 Å². The van der Waals surface area contributed by atoms with Crippen LogP contribution >= 0.6 is 0 Å². The highest BCUT2D eigenvalue weighted by Crippen LogP contribution is 2.07. The number of hydrogen-bond donors (Lipinski definition) is 3. The molecule has 0 saturated carbocycles. The summed E-state index contributed by atoms with van der Waals surface area (Å²) in [7, 11) is 0. The number of nitrogens with two attached hydrogens (primary N) is 2. The lowest BCUT2D eigenvalue weighted by atomic mass is 10.1. The molecule has 1 amide bonds. The van der Waals surface area contributed by atoms with Crippen LogP contribution in [0.5, 0.6) is 0 Å². The third-order valence-corrected chi connectivity index (χ3v) is 2.68. The average molecular weight is 271 g/mol. The van der Waals surface area contributed by atoms with E-state index in [-0.39, 0.29) is 12.5 Å². The molecule has 0 aliphatic carbocycles. The van der Waals surface area contributed by atoms with Crippen LogP contribution in [0.25, 0.3) is 0 Å². The predicted molar refractivity (Wildman–Crippen MR) is 78.3 cm³/mol. The summed E-state index contributed by atoms with van der Waals surface area (Å²) in [6.07, 6.45) is 6.31. The fourth-order valence-corrected chi connectivity index (χ4v) is 1.66. The lowest BCUT2D eigenvalue weighted by Gasteiger charge is -2.26. The van der Waals surface area contributed by atoms with Crippen LogP contribution in [-0.4, -0.2) is 24.7 Å². The summed E-state index contributed by atoms with van der Waals surface area (Å²) in [6, 6.07) is 0. The average Bonchev–Trinajstić information content (AvgIpc) is 2.33. The Kier molecular flexibility index (Phi) is 9.04. The minimum atomic E-state index is -0.392. The molecular weight excluding hydrogens is 242 g/mol. The van der Waals surface area contributed by atoms with Gasteiger partial charge in [-0.25, -0.2) is 0 Å². The first kappa shape index (κ1) is 17.8. The van der Waals surface area contributed by atoms with E-state index in [9.17, 15) is 4.79 Å². The normalized spacial score (nSPS) is 12.5. The van der Waals surface area contributed by atoms with Crippen LogP contribution in [0.2, 0.25) is 0 Å². The summed E-state index contributed by atoms with van der Waals surface area (Å²) in [5, 5.41) is 2.97. The number of carbonyl (C=O) groups is 1. The van der Waals surface area contributed by atoms with Crippen molar-refractivity contribution in [3.63, 3.8) is 0 Å². The van der Waals surface area contributed by atoms with Gasteiger partial charge in [0.25, 0.3) is 0 Å². The lowest BCUT2D eigenvalue weighted by molar-refractivity contribution is -0.123. The first-order valence-electron chi connectivity index (χ1n) is 6.96. The summed E-state index contributed by atoms with van der Waals surface area (Å²) >= 11 is 0. The molecule has 0 aromatic rings. The topological polar surface area (TPSA) is 90.4 Å². The van der Waals surface area contributed by atoms with Gasteiger partial charge in [-0.05, 0) is 20.3 Å². The third-order valence-electron chi connectivity index (χ3n) is 2.68. The quantitative estimate of drug-likeness (QED) is 0.527. The van der Waals surface area contributed by atoms with Crippen molar-refractivity contribution < 1.29 is 9.53 Å². The summed E-state index contributed by atoms with van der Waals surface area (Å²) in [5.74, 6) is 0.0760. The van der Waals surface area contributed by atoms with E-state index in [1.54, 1.807) is 0 Å². The molecule has 5 nitrogen and oxygen atoms in total. The molecule has 112 valence electrons. The molecule has 0 aliphatic rings. The van der Waals surface area contributed by atoms with Crippen LogP contribution in [0.4, 0.5) is 0 Å². The van der Waals surface area contributed by atoms with Crippen molar-refractivity contribution in [3.8, 4) is 0 Å². The highest BCUT2D eigenvalue weighted by atomic mass is 16.5. The molecule has 0 heterocycles. The van der Waals surface area contributed by atoms with Gasteiger partial charge < -0.3 is 21.5 Å². The summed E-state index contributed by atoms with van der Waals surface area (Å²) < 4.78 is 5.41. The number of unbranched alkanes of at least 4 members (excludes halogenated alkanes) is 3. The van der Waals surface area contributed by atoms with E-state index in [2.05, 4.69) is 12.2 Å². The van der Waals surface area contributed by atoms with Gasteiger partial charge in [-0.1, -0.05) is 26.2 Å². The molecule has 0 aliphatic heterocycles. The Morgan fingerprint density at radius 3 is 2.58 bits per heavy atom. The van der Waals surface area contributed by atoms with Crippen molar-refractivity contribution >= 4 is 5.91 Å². The molecule has 5 N–H and O–H groups in total. The molecular formula is C14H29N3O2. The van der Waals surface area contributed by atoms with E-state index in [1.165, 1.54) is 19.0 Å². The van der Waals surface area contributed by atoms with Crippen molar-refractivity contribution in [2.45, 2.75) is 58.4 Å². The van der Waals surface area contributed by atoms with Gasteiger partial charge in [0, 0.05) is 12.6 Å². The van der Waals surface area contributed by atoms with Crippen molar-refractivity contribution in [1.82, 2.24) is 5.32 Å². The SMILES string of the molecule is CCCCCCC(=O)NC(C)(C)COC/C(N)=C/N. The van der Waals surface area contributed by atoms with Crippen molar-refractivity contribution in [2.75, 3.05) is 13.2 Å². The molecule has 0 radical (unpaired) electrons.